The molecule has 0 saturated heterocycles. The Morgan fingerprint density at radius 3 is 1.62 bits per heavy atom. The average molecular weight is 237 g/mol. The van der Waals surface area contributed by atoms with Crippen LogP contribution in [0, 0.1) is 13.8 Å². The largest absolute Gasteiger partial charge is 0.269 e. The molecule has 0 unspecified atom stereocenters. The highest BCUT2D eigenvalue weighted by Crippen LogP contribution is 2.37. The van der Waals surface area contributed by atoms with Crippen molar-refractivity contribution >= 4 is 23.2 Å². The molecule has 0 spiro atoms. The Morgan fingerprint density at radius 1 is 0.938 bits per heavy atom. The minimum Gasteiger partial charge on any atom is -0.269 e. The van der Waals surface area contributed by atoms with Crippen LogP contribution in [-0.2, 0) is 0 Å². The molecule has 2 amide bonds. The zero-order chi connectivity index (χ0) is 12.2. The highest BCUT2D eigenvalue weighted by molar-refractivity contribution is 7.12. The number of amides is 2. The standard InChI is InChI=1S/C12H15NO2S/c1-6-8-9(7(2)16-6)11(15)13(10(8)14)12(3,4)5/h1-5H3. The number of thiophene rings is 1. The normalized spacial score (nSPS) is 15.9. The van der Waals surface area contributed by atoms with Crippen LogP contribution in [0.2, 0.25) is 0 Å². The summed E-state index contributed by atoms with van der Waals surface area (Å²) in [4.78, 5) is 27.6. The molecule has 2 rings (SSSR count). The van der Waals surface area contributed by atoms with Crippen molar-refractivity contribution in [1.82, 2.24) is 4.90 Å². The van der Waals surface area contributed by atoms with Crippen LogP contribution in [0.15, 0.2) is 0 Å². The molecule has 1 aromatic heterocycles. The van der Waals surface area contributed by atoms with Gasteiger partial charge in [0.2, 0.25) is 0 Å². The van der Waals surface area contributed by atoms with E-state index in [9.17, 15) is 9.59 Å². The Bertz CT molecular complexity index is 457. The summed E-state index contributed by atoms with van der Waals surface area (Å²) < 4.78 is 0. The summed E-state index contributed by atoms with van der Waals surface area (Å²) >= 11 is 1.52. The van der Waals surface area contributed by atoms with Crippen LogP contribution < -0.4 is 0 Å². The Morgan fingerprint density at radius 2 is 1.31 bits per heavy atom. The van der Waals surface area contributed by atoms with Crippen molar-refractivity contribution in [2.45, 2.75) is 40.2 Å². The van der Waals surface area contributed by atoms with Crippen molar-refractivity contribution < 1.29 is 9.59 Å². The lowest BCUT2D eigenvalue weighted by molar-refractivity contribution is 0.0507. The number of aryl methyl sites for hydroxylation is 2. The third-order valence-electron chi connectivity index (χ3n) is 2.77. The van der Waals surface area contributed by atoms with Gasteiger partial charge in [-0.15, -0.1) is 11.3 Å². The van der Waals surface area contributed by atoms with Gasteiger partial charge in [0.15, 0.2) is 0 Å². The van der Waals surface area contributed by atoms with Crippen LogP contribution in [0.25, 0.3) is 0 Å². The summed E-state index contributed by atoms with van der Waals surface area (Å²) in [6, 6.07) is 0. The van der Waals surface area contributed by atoms with E-state index in [0.29, 0.717) is 11.1 Å². The molecule has 0 radical (unpaired) electrons. The van der Waals surface area contributed by atoms with E-state index in [-0.39, 0.29) is 11.8 Å². The summed E-state index contributed by atoms with van der Waals surface area (Å²) in [5, 5.41) is 0. The number of nitrogens with zero attached hydrogens (tertiary/aromatic N) is 1. The van der Waals surface area contributed by atoms with Gasteiger partial charge in [-0.2, -0.15) is 0 Å². The highest BCUT2D eigenvalue weighted by atomic mass is 32.1. The van der Waals surface area contributed by atoms with E-state index in [2.05, 4.69) is 0 Å². The minimum atomic E-state index is -0.455. The molecule has 0 aromatic carbocycles. The van der Waals surface area contributed by atoms with Gasteiger partial charge in [0, 0.05) is 15.3 Å². The molecule has 0 fully saturated rings. The van der Waals surface area contributed by atoms with E-state index in [4.69, 9.17) is 0 Å². The van der Waals surface area contributed by atoms with Gasteiger partial charge < -0.3 is 0 Å². The molecule has 0 bridgehead atoms. The smallest absolute Gasteiger partial charge is 0.263 e. The van der Waals surface area contributed by atoms with Gasteiger partial charge in [0.1, 0.15) is 0 Å². The van der Waals surface area contributed by atoms with E-state index in [1.54, 1.807) is 0 Å². The maximum absolute atomic E-state index is 12.2. The van der Waals surface area contributed by atoms with Crippen molar-refractivity contribution in [3.8, 4) is 0 Å². The number of carbonyl (C=O) groups is 2. The van der Waals surface area contributed by atoms with Crippen molar-refractivity contribution in [3.05, 3.63) is 20.9 Å². The van der Waals surface area contributed by atoms with Crippen molar-refractivity contribution in [2.75, 3.05) is 0 Å². The number of rotatable bonds is 0. The van der Waals surface area contributed by atoms with Gasteiger partial charge in [-0.25, -0.2) is 0 Å². The van der Waals surface area contributed by atoms with Gasteiger partial charge in [-0.3, -0.25) is 14.5 Å². The molecule has 1 aliphatic rings. The quantitative estimate of drug-likeness (QED) is 0.651. The first kappa shape index (κ1) is 11.3. The van der Waals surface area contributed by atoms with Crippen LogP contribution in [-0.4, -0.2) is 22.3 Å². The van der Waals surface area contributed by atoms with Crippen molar-refractivity contribution in [2.24, 2.45) is 0 Å². The fourth-order valence-corrected chi connectivity index (χ4v) is 3.17. The first-order valence-corrected chi connectivity index (χ1v) is 6.05. The third-order valence-corrected chi connectivity index (χ3v) is 3.79. The van der Waals surface area contributed by atoms with Gasteiger partial charge >= 0.3 is 0 Å². The van der Waals surface area contributed by atoms with Gasteiger partial charge in [0.05, 0.1) is 11.1 Å². The minimum absolute atomic E-state index is 0.144. The Kier molecular flexibility index (Phi) is 2.24. The molecule has 16 heavy (non-hydrogen) atoms. The summed E-state index contributed by atoms with van der Waals surface area (Å²) in [6.07, 6.45) is 0. The summed E-state index contributed by atoms with van der Waals surface area (Å²) in [5.41, 5.74) is 0.772. The highest BCUT2D eigenvalue weighted by Gasteiger charge is 2.44. The summed E-state index contributed by atoms with van der Waals surface area (Å²) in [5.74, 6) is -0.288. The van der Waals surface area contributed by atoms with E-state index in [1.165, 1.54) is 16.2 Å². The van der Waals surface area contributed by atoms with Crippen molar-refractivity contribution in [1.29, 1.82) is 0 Å². The topological polar surface area (TPSA) is 37.4 Å². The van der Waals surface area contributed by atoms with E-state index < -0.39 is 5.54 Å². The molecule has 0 saturated carbocycles. The van der Waals surface area contributed by atoms with Gasteiger partial charge in [-0.05, 0) is 34.6 Å². The number of fused-ring (bicyclic) bond motifs is 1. The second-order valence-corrected chi connectivity index (χ2v) is 6.51. The SMILES string of the molecule is Cc1sc(C)c2c1C(=O)N(C(C)(C)C)C2=O. The molecule has 4 heteroatoms. The molecule has 0 atom stereocenters. The predicted octanol–water partition coefficient (Wildman–Crippen LogP) is 2.76. The summed E-state index contributed by atoms with van der Waals surface area (Å²) in [7, 11) is 0. The second-order valence-electron chi connectivity index (χ2n) is 5.08. The maximum atomic E-state index is 12.2. The first-order chi connectivity index (χ1) is 7.25. The van der Waals surface area contributed by atoms with Gasteiger partial charge in [-0.1, -0.05) is 0 Å². The lowest BCUT2D eigenvalue weighted by Gasteiger charge is -2.29. The predicted molar refractivity (Wildman–Crippen MR) is 64.0 cm³/mol. The Labute approximate surface area is 99.1 Å². The lowest BCUT2D eigenvalue weighted by atomic mass is 10.1. The fourth-order valence-electron chi connectivity index (χ4n) is 2.12. The fraction of sp³-hybridized carbons (Fsp3) is 0.500. The Balaban J connectivity index is 2.63. The van der Waals surface area contributed by atoms with Gasteiger partial charge in [0.25, 0.3) is 11.8 Å². The number of hydrogen-bond donors (Lipinski definition) is 0. The number of carbonyl (C=O) groups excluding carboxylic acids is 2. The van der Waals surface area contributed by atoms with Crippen LogP contribution >= 0.6 is 11.3 Å². The van der Waals surface area contributed by atoms with E-state index in [1.807, 2.05) is 34.6 Å². The molecule has 2 heterocycles. The summed E-state index contributed by atoms with van der Waals surface area (Å²) in [6.45, 7) is 9.43. The van der Waals surface area contributed by atoms with Crippen LogP contribution in [0.3, 0.4) is 0 Å². The average Bonchev–Trinajstić information content (AvgIpc) is 2.51. The van der Waals surface area contributed by atoms with Crippen LogP contribution in [0.4, 0.5) is 0 Å². The molecular formula is C12H15NO2S. The molecule has 3 nitrogen and oxygen atoms in total. The van der Waals surface area contributed by atoms with E-state index in [0.717, 1.165) is 9.75 Å². The molecule has 1 aromatic rings. The molecule has 0 aliphatic carbocycles. The maximum Gasteiger partial charge on any atom is 0.263 e. The number of hydrogen-bond acceptors (Lipinski definition) is 3. The number of imide groups is 1. The first-order valence-electron chi connectivity index (χ1n) is 5.24. The van der Waals surface area contributed by atoms with Crippen molar-refractivity contribution in [3.63, 3.8) is 0 Å². The monoisotopic (exact) mass is 237 g/mol. The molecule has 1 aliphatic heterocycles. The zero-order valence-electron chi connectivity index (χ0n) is 10.2. The third kappa shape index (κ3) is 1.33. The molecule has 0 N–H and O–H groups in total. The second kappa shape index (κ2) is 3.17. The lowest BCUT2D eigenvalue weighted by Crippen LogP contribution is -2.45. The zero-order valence-corrected chi connectivity index (χ0v) is 11.0. The Hall–Kier alpha value is -1.16. The van der Waals surface area contributed by atoms with Crippen LogP contribution in [0.5, 0.6) is 0 Å². The molecule has 86 valence electrons. The molecular weight excluding hydrogens is 222 g/mol. The van der Waals surface area contributed by atoms with Crippen LogP contribution in [0.1, 0.15) is 51.2 Å². The van der Waals surface area contributed by atoms with E-state index >= 15 is 0 Å².